The number of rotatable bonds is 5. The minimum Gasteiger partial charge on any atom is -0.306 e. The number of amides is 1. The highest BCUT2D eigenvalue weighted by molar-refractivity contribution is 7.89. The summed E-state index contributed by atoms with van der Waals surface area (Å²) >= 11 is 1.51. The Labute approximate surface area is 215 Å². The Morgan fingerprint density at radius 1 is 1.11 bits per heavy atom. The molecule has 1 saturated heterocycles. The van der Waals surface area contributed by atoms with Crippen molar-refractivity contribution < 1.29 is 13.2 Å². The van der Waals surface area contributed by atoms with Crippen molar-refractivity contribution in [1.29, 1.82) is 0 Å². The topological polar surface area (TPSA) is 97.2 Å². The lowest BCUT2D eigenvalue weighted by Crippen LogP contribution is -2.39. The molecule has 10 heteroatoms. The lowest BCUT2D eigenvalue weighted by atomic mass is 10.0. The molecule has 1 amide bonds. The van der Waals surface area contributed by atoms with Crippen LogP contribution in [0.5, 0.6) is 0 Å². The fourth-order valence-corrected chi connectivity index (χ4v) is 7.37. The maximum atomic E-state index is 13.1. The van der Waals surface area contributed by atoms with Crippen LogP contribution in [-0.2, 0) is 10.0 Å². The zero-order valence-corrected chi connectivity index (χ0v) is 22.4. The van der Waals surface area contributed by atoms with E-state index in [9.17, 15) is 13.2 Å². The molecule has 1 atom stereocenters. The maximum Gasteiger partial charge on any atom is 0.256 e. The van der Waals surface area contributed by atoms with Crippen LogP contribution in [0.1, 0.15) is 46.9 Å². The molecule has 1 aliphatic heterocycles. The number of carbonyl (C=O) groups is 1. The molecule has 188 valence electrons. The van der Waals surface area contributed by atoms with Crippen LogP contribution in [0.3, 0.4) is 0 Å². The minimum atomic E-state index is -3.57. The van der Waals surface area contributed by atoms with E-state index >= 15 is 0 Å². The second-order valence-corrected chi connectivity index (χ2v) is 12.5. The van der Waals surface area contributed by atoms with Crippen LogP contribution >= 0.6 is 11.3 Å². The molecule has 1 aliphatic rings. The molecule has 0 radical (unpaired) electrons. The van der Waals surface area contributed by atoms with Crippen LogP contribution in [0.2, 0.25) is 0 Å². The third-order valence-electron chi connectivity index (χ3n) is 6.45. The van der Waals surface area contributed by atoms with Gasteiger partial charge in [-0.3, -0.25) is 4.79 Å². The van der Waals surface area contributed by atoms with E-state index in [0.717, 1.165) is 34.3 Å². The first kappa shape index (κ1) is 24.6. The third-order valence-corrected chi connectivity index (χ3v) is 9.30. The Bertz CT molecular complexity index is 1550. The molecular formula is C26H29N5O3S2. The van der Waals surface area contributed by atoms with Gasteiger partial charge in [0.25, 0.3) is 5.91 Å². The number of benzene rings is 2. The fourth-order valence-electron chi connectivity index (χ4n) is 4.66. The summed E-state index contributed by atoms with van der Waals surface area (Å²) in [7, 11) is -3.57. The van der Waals surface area contributed by atoms with Crippen LogP contribution < -0.4 is 5.32 Å². The van der Waals surface area contributed by atoms with E-state index in [1.54, 1.807) is 27.2 Å². The average molecular weight is 524 g/mol. The van der Waals surface area contributed by atoms with E-state index in [-0.39, 0.29) is 10.8 Å². The fraction of sp³-hybridized carbons (Fsp3) is 0.346. The van der Waals surface area contributed by atoms with Crippen LogP contribution in [0.15, 0.2) is 47.4 Å². The van der Waals surface area contributed by atoms with Gasteiger partial charge in [-0.05, 0) is 81.0 Å². The number of fused-ring (bicyclic) bond motifs is 1. The first-order chi connectivity index (χ1) is 17.1. The Morgan fingerprint density at radius 3 is 2.58 bits per heavy atom. The standard InChI is InChI=1S/C26H29N5O3S2/c1-16-6-5-11-30(15-16)36(33,34)21-9-7-20(8-10-21)25(32)27-23-14-19(4)29-31(23)26-28-24-18(3)12-17(2)13-22(24)35-26/h7-10,12-14,16H,5-6,11,15H2,1-4H3,(H,27,32). The van der Waals surface area contributed by atoms with Gasteiger partial charge in [-0.25, -0.2) is 13.4 Å². The number of aromatic nitrogens is 3. The second kappa shape index (κ2) is 9.42. The van der Waals surface area contributed by atoms with Gasteiger partial charge in [-0.1, -0.05) is 24.3 Å². The predicted molar refractivity (Wildman–Crippen MR) is 143 cm³/mol. The second-order valence-electron chi connectivity index (χ2n) is 9.60. The summed E-state index contributed by atoms with van der Waals surface area (Å²) in [4.78, 5) is 18.0. The van der Waals surface area contributed by atoms with Gasteiger partial charge in [-0.2, -0.15) is 14.1 Å². The molecule has 8 nitrogen and oxygen atoms in total. The van der Waals surface area contributed by atoms with Gasteiger partial charge < -0.3 is 5.32 Å². The normalized spacial score (nSPS) is 16.9. The van der Waals surface area contributed by atoms with Gasteiger partial charge >= 0.3 is 0 Å². The van der Waals surface area contributed by atoms with Crippen molar-refractivity contribution >= 4 is 43.3 Å². The van der Waals surface area contributed by atoms with Crippen LogP contribution in [0, 0.1) is 26.7 Å². The number of hydrogen-bond acceptors (Lipinski definition) is 6. The Hall–Kier alpha value is -3.08. The van der Waals surface area contributed by atoms with Crippen LogP contribution in [0.4, 0.5) is 5.82 Å². The van der Waals surface area contributed by atoms with E-state index in [1.165, 1.54) is 29.0 Å². The van der Waals surface area contributed by atoms with Crippen molar-refractivity contribution in [3.05, 3.63) is 64.8 Å². The first-order valence-electron chi connectivity index (χ1n) is 12.0. The lowest BCUT2D eigenvalue weighted by molar-refractivity contribution is 0.102. The molecule has 2 aromatic carbocycles. The molecule has 3 heterocycles. The molecule has 0 aliphatic carbocycles. The number of carbonyl (C=O) groups excluding carboxylic acids is 1. The average Bonchev–Trinajstić information content (AvgIpc) is 3.42. The highest BCUT2D eigenvalue weighted by Gasteiger charge is 2.28. The number of aryl methyl sites for hydroxylation is 3. The Balaban J connectivity index is 1.38. The maximum absolute atomic E-state index is 13.1. The number of nitrogens with one attached hydrogen (secondary N) is 1. The van der Waals surface area contributed by atoms with Gasteiger partial charge in [0, 0.05) is 24.7 Å². The molecule has 5 rings (SSSR count). The van der Waals surface area contributed by atoms with E-state index in [1.807, 2.05) is 13.8 Å². The number of nitrogens with zero attached hydrogens (tertiary/aromatic N) is 4. The van der Waals surface area contributed by atoms with E-state index < -0.39 is 10.0 Å². The minimum absolute atomic E-state index is 0.203. The zero-order valence-electron chi connectivity index (χ0n) is 20.8. The lowest BCUT2D eigenvalue weighted by Gasteiger charge is -2.30. The van der Waals surface area contributed by atoms with Gasteiger partial charge in [0.15, 0.2) is 0 Å². The van der Waals surface area contributed by atoms with E-state index in [4.69, 9.17) is 4.98 Å². The molecule has 0 bridgehead atoms. The van der Waals surface area contributed by atoms with Crippen molar-refractivity contribution in [1.82, 2.24) is 19.1 Å². The molecular weight excluding hydrogens is 494 g/mol. The van der Waals surface area contributed by atoms with Crippen LogP contribution in [0.25, 0.3) is 15.3 Å². The molecule has 1 fully saturated rings. The number of hydrogen-bond donors (Lipinski definition) is 1. The highest BCUT2D eigenvalue weighted by atomic mass is 32.2. The van der Waals surface area contributed by atoms with Crippen molar-refractivity contribution in [2.75, 3.05) is 18.4 Å². The zero-order chi connectivity index (χ0) is 25.6. The monoisotopic (exact) mass is 523 g/mol. The van der Waals surface area contributed by atoms with Gasteiger partial charge in [-0.15, -0.1) is 0 Å². The van der Waals surface area contributed by atoms with Crippen molar-refractivity contribution in [3.8, 4) is 5.13 Å². The molecule has 0 saturated carbocycles. The predicted octanol–water partition coefficient (Wildman–Crippen LogP) is 5.08. The number of thiazole rings is 1. The Morgan fingerprint density at radius 2 is 1.86 bits per heavy atom. The molecule has 1 unspecified atom stereocenters. The van der Waals surface area contributed by atoms with Gasteiger partial charge in [0.05, 0.1) is 20.8 Å². The van der Waals surface area contributed by atoms with Gasteiger partial charge in [0.2, 0.25) is 15.2 Å². The summed E-state index contributed by atoms with van der Waals surface area (Å²) in [6.07, 6.45) is 1.90. The van der Waals surface area contributed by atoms with Crippen molar-refractivity contribution in [2.45, 2.75) is 45.4 Å². The van der Waals surface area contributed by atoms with E-state index in [0.29, 0.717) is 35.5 Å². The number of anilines is 1. The van der Waals surface area contributed by atoms with E-state index in [2.05, 4.69) is 36.4 Å². The molecule has 36 heavy (non-hydrogen) atoms. The van der Waals surface area contributed by atoms with Crippen LogP contribution in [-0.4, -0.2) is 46.5 Å². The highest BCUT2D eigenvalue weighted by Crippen LogP contribution is 2.30. The number of sulfonamides is 1. The summed E-state index contributed by atoms with van der Waals surface area (Å²) in [5, 5.41) is 8.12. The molecule has 4 aromatic rings. The van der Waals surface area contributed by atoms with Gasteiger partial charge in [0.1, 0.15) is 5.82 Å². The van der Waals surface area contributed by atoms with Crippen molar-refractivity contribution in [3.63, 3.8) is 0 Å². The van der Waals surface area contributed by atoms with Crippen molar-refractivity contribution in [2.24, 2.45) is 5.92 Å². The molecule has 2 aromatic heterocycles. The summed E-state index contributed by atoms with van der Waals surface area (Å²) < 4.78 is 30.3. The summed E-state index contributed by atoms with van der Waals surface area (Å²) in [6, 6.07) is 12.1. The third kappa shape index (κ3) is 4.68. The summed E-state index contributed by atoms with van der Waals surface area (Å²) in [5.41, 5.74) is 4.29. The molecule has 1 N–H and O–H groups in total. The first-order valence-corrected chi connectivity index (χ1v) is 14.2. The number of piperidine rings is 1. The largest absolute Gasteiger partial charge is 0.306 e. The smallest absolute Gasteiger partial charge is 0.256 e. The quantitative estimate of drug-likeness (QED) is 0.393. The molecule has 0 spiro atoms. The summed E-state index contributed by atoms with van der Waals surface area (Å²) in [6.45, 7) is 9.07. The summed E-state index contributed by atoms with van der Waals surface area (Å²) in [5.74, 6) is 0.500. The Kier molecular flexibility index (Phi) is 6.44. The SMILES string of the molecule is Cc1cc(C)c2nc(-n3nc(C)cc3NC(=O)c3ccc(S(=O)(=O)N4CCCC(C)C4)cc3)sc2c1.